The fourth-order valence-electron chi connectivity index (χ4n) is 3.47. The van der Waals surface area contributed by atoms with Crippen LogP contribution in [0.5, 0.6) is 0 Å². The number of carbonyl (C=O) groups excluding carboxylic acids is 2. The van der Waals surface area contributed by atoms with Crippen molar-refractivity contribution in [2.75, 3.05) is 13.1 Å². The largest absolute Gasteiger partial charge is 0.349 e. The van der Waals surface area contributed by atoms with E-state index >= 15 is 0 Å². The van der Waals surface area contributed by atoms with Crippen molar-refractivity contribution >= 4 is 11.8 Å². The first-order chi connectivity index (χ1) is 13.2. The molecule has 2 amide bonds. The molecule has 1 fully saturated rings. The zero-order valence-corrected chi connectivity index (χ0v) is 16.0. The van der Waals surface area contributed by atoms with Crippen LogP contribution in [0.2, 0.25) is 0 Å². The molecule has 1 heterocycles. The first-order valence-corrected chi connectivity index (χ1v) is 9.91. The lowest BCUT2D eigenvalue weighted by molar-refractivity contribution is -0.132. The third-order valence-electron chi connectivity index (χ3n) is 5.18. The minimum Gasteiger partial charge on any atom is -0.349 e. The van der Waals surface area contributed by atoms with E-state index in [0.717, 1.165) is 49.9 Å². The van der Waals surface area contributed by atoms with Crippen molar-refractivity contribution in [1.82, 2.24) is 10.2 Å². The molecule has 4 nitrogen and oxygen atoms in total. The second-order valence-electron chi connectivity index (χ2n) is 7.18. The minimum absolute atomic E-state index is 0.0367. The predicted molar refractivity (Wildman–Crippen MR) is 108 cm³/mol. The van der Waals surface area contributed by atoms with Gasteiger partial charge in [-0.25, -0.2) is 0 Å². The highest BCUT2D eigenvalue weighted by Gasteiger charge is 2.23. The average Bonchev–Trinajstić information content (AvgIpc) is 2.73. The Bertz CT molecular complexity index is 748. The number of hydrogen-bond donors (Lipinski definition) is 1. The van der Waals surface area contributed by atoms with Gasteiger partial charge in [0.2, 0.25) is 5.91 Å². The Hall–Kier alpha value is -2.62. The Morgan fingerprint density at radius 2 is 1.59 bits per heavy atom. The zero-order chi connectivity index (χ0) is 19.1. The van der Waals surface area contributed by atoms with Crippen molar-refractivity contribution in [3.8, 4) is 11.1 Å². The minimum atomic E-state index is -0.0367. The van der Waals surface area contributed by atoms with Gasteiger partial charge in [-0.1, -0.05) is 55.8 Å². The number of piperidine rings is 1. The molecule has 1 saturated heterocycles. The van der Waals surface area contributed by atoms with E-state index < -0.39 is 0 Å². The van der Waals surface area contributed by atoms with Gasteiger partial charge in [-0.15, -0.1) is 0 Å². The molecule has 0 aliphatic carbocycles. The van der Waals surface area contributed by atoms with E-state index in [-0.39, 0.29) is 17.9 Å². The first kappa shape index (κ1) is 19.2. The summed E-state index contributed by atoms with van der Waals surface area (Å²) in [6.45, 7) is 3.57. The number of rotatable bonds is 6. The number of unbranched alkanes of at least 4 members (excludes halogenated alkanes) is 1. The van der Waals surface area contributed by atoms with Crippen LogP contribution in [0.1, 0.15) is 49.4 Å². The Kier molecular flexibility index (Phi) is 6.64. The van der Waals surface area contributed by atoms with E-state index in [1.165, 1.54) is 0 Å². The summed E-state index contributed by atoms with van der Waals surface area (Å²) < 4.78 is 0. The normalized spacial score (nSPS) is 14.8. The maximum absolute atomic E-state index is 12.5. The van der Waals surface area contributed by atoms with E-state index in [2.05, 4.69) is 24.4 Å². The Morgan fingerprint density at radius 1 is 0.963 bits per heavy atom. The first-order valence-electron chi connectivity index (χ1n) is 9.91. The van der Waals surface area contributed by atoms with Crippen LogP contribution < -0.4 is 5.32 Å². The standard InChI is InChI=1S/C23H28N2O2/c1-2-3-9-22(26)25-16-14-21(15-17-25)24-23(27)20-12-10-19(11-13-20)18-7-5-4-6-8-18/h4-8,10-13,21H,2-3,9,14-17H2,1H3,(H,24,27). The molecule has 0 saturated carbocycles. The molecular weight excluding hydrogens is 336 g/mol. The van der Waals surface area contributed by atoms with E-state index in [0.29, 0.717) is 12.0 Å². The summed E-state index contributed by atoms with van der Waals surface area (Å²) in [6.07, 6.45) is 4.29. The molecule has 4 heteroatoms. The summed E-state index contributed by atoms with van der Waals surface area (Å²) in [7, 11) is 0. The lowest BCUT2D eigenvalue weighted by atomic mass is 10.0. The third kappa shape index (κ3) is 5.19. The van der Waals surface area contributed by atoms with E-state index in [4.69, 9.17) is 0 Å². The highest BCUT2D eigenvalue weighted by Crippen LogP contribution is 2.19. The van der Waals surface area contributed by atoms with Gasteiger partial charge >= 0.3 is 0 Å². The van der Waals surface area contributed by atoms with Crippen molar-refractivity contribution in [1.29, 1.82) is 0 Å². The summed E-state index contributed by atoms with van der Waals surface area (Å²) in [5.74, 6) is 0.212. The van der Waals surface area contributed by atoms with Gasteiger partial charge in [0.25, 0.3) is 5.91 Å². The Morgan fingerprint density at radius 3 is 2.22 bits per heavy atom. The van der Waals surface area contributed by atoms with Gasteiger partial charge in [-0.2, -0.15) is 0 Å². The lowest BCUT2D eigenvalue weighted by Crippen LogP contribution is -2.46. The molecule has 142 valence electrons. The number of amides is 2. The maximum Gasteiger partial charge on any atom is 0.251 e. The molecule has 27 heavy (non-hydrogen) atoms. The molecule has 0 bridgehead atoms. The monoisotopic (exact) mass is 364 g/mol. The summed E-state index contributed by atoms with van der Waals surface area (Å²) in [4.78, 5) is 26.6. The lowest BCUT2D eigenvalue weighted by Gasteiger charge is -2.32. The molecule has 0 atom stereocenters. The van der Waals surface area contributed by atoms with Gasteiger partial charge in [0, 0.05) is 31.1 Å². The average molecular weight is 364 g/mol. The number of benzene rings is 2. The molecule has 0 unspecified atom stereocenters. The van der Waals surface area contributed by atoms with Gasteiger partial charge < -0.3 is 10.2 Å². The highest BCUT2D eigenvalue weighted by molar-refractivity contribution is 5.94. The third-order valence-corrected chi connectivity index (χ3v) is 5.18. The van der Waals surface area contributed by atoms with Gasteiger partial charge in [-0.05, 0) is 42.5 Å². The van der Waals surface area contributed by atoms with Crippen molar-refractivity contribution in [3.63, 3.8) is 0 Å². The van der Waals surface area contributed by atoms with Crippen LogP contribution >= 0.6 is 0 Å². The molecular formula is C23H28N2O2. The zero-order valence-electron chi connectivity index (χ0n) is 16.0. The quantitative estimate of drug-likeness (QED) is 0.832. The topological polar surface area (TPSA) is 49.4 Å². The number of carbonyl (C=O) groups is 2. The van der Waals surface area contributed by atoms with Crippen LogP contribution in [-0.2, 0) is 4.79 Å². The van der Waals surface area contributed by atoms with Crippen molar-refractivity contribution in [2.45, 2.75) is 45.1 Å². The molecule has 1 N–H and O–H groups in total. The molecule has 3 rings (SSSR count). The molecule has 0 spiro atoms. The van der Waals surface area contributed by atoms with Crippen LogP contribution in [0, 0.1) is 0 Å². The molecule has 0 radical (unpaired) electrons. The van der Waals surface area contributed by atoms with Gasteiger partial charge in [0.15, 0.2) is 0 Å². The molecule has 0 aromatic heterocycles. The smallest absolute Gasteiger partial charge is 0.251 e. The Balaban J connectivity index is 1.50. The van der Waals surface area contributed by atoms with Crippen molar-refractivity contribution in [3.05, 3.63) is 60.2 Å². The van der Waals surface area contributed by atoms with E-state index in [1.54, 1.807) is 0 Å². The number of nitrogens with zero attached hydrogens (tertiary/aromatic N) is 1. The second-order valence-corrected chi connectivity index (χ2v) is 7.18. The highest BCUT2D eigenvalue weighted by atomic mass is 16.2. The van der Waals surface area contributed by atoms with Crippen molar-refractivity contribution < 1.29 is 9.59 Å². The molecule has 1 aliphatic heterocycles. The van der Waals surface area contributed by atoms with E-state index in [1.807, 2.05) is 47.4 Å². The number of hydrogen-bond acceptors (Lipinski definition) is 2. The summed E-state index contributed by atoms with van der Waals surface area (Å²) >= 11 is 0. The van der Waals surface area contributed by atoms with E-state index in [9.17, 15) is 9.59 Å². The van der Waals surface area contributed by atoms with Gasteiger partial charge in [0.05, 0.1) is 0 Å². The molecule has 2 aromatic rings. The molecule has 1 aliphatic rings. The van der Waals surface area contributed by atoms with Gasteiger partial charge in [-0.3, -0.25) is 9.59 Å². The Labute approximate surface area is 161 Å². The summed E-state index contributed by atoms with van der Waals surface area (Å²) in [5.41, 5.74) is 2.92. The number of nitrogens with one attached hydrogen (secondary N) is 1. The van der Waals surface area contributed by atoms with Gasteiger partial charge in [0.1, 0.15) is 0 Å². The SMILES string of the molecule is CCCCC(=O)N1CCC(NC(=O)c2ccc(-c3ccccc3)cc2)CC1. The fraction of sp³-hybridized carbons (Fsp3) is 0.391. The fourth-order valence-corrected chi connectivity index (χ4v) is 3.47. The second kappa shape index (κ2) is 9.36. The van der Waals surface area contributed by atoms with Crippen LogP contribution in [0.3, 0.4) is 0 Å². The van der Waals surface area contributed by atoms with Crippen LogP contribution in [0.15, 0.2) is 54.6 Å². The van der Waals surface area contributed by atoms with Crippen molar-refractivity contribution in [2.24, 2.45) is 0 Å². The predicted octanol–water partition coefficient (Wildman–Crippen LogP) is 4.26. The maximum atomic E-state index is 12.5. The molecule has 2 aromatic carbocycles. The van der Waals surface area contributed by atoms with Crippen LogP contribution in [0.25, 0.3) is 11.1 Å². The van der Waals surface area contributed by atoms with Crippen LogP contribution in [0.4, 0.5) is 0 Å². The summed E-state index contributed by atoms with van der Waals surface area (Å²) in [5, 5.41) is 3.12. The number of likely N-dealkylation sites (tertiary alicyclic amines) is 1. The summed E-state index contributed by atoms with van der Waals surface area (Å²) in [6, 6.07) is 18.0. The van der Waals surface area contributed by atoms with Crippen LogP contribution in [-0.4, -0.2) is 35.8 Å².